The number of amides is 1. The number of fused-ring (bicyclic) bond motifs is 1. The number of hydrogen-bond acceptors (Lipinski definition) is 4. The van der Waals surface area contributed by atoms with Crippen LogP contribution >= 0.6 is 0 Å². The lowest BCUT2D eigenvalue weighted by atomic mass is 9.89. The minimum Gasteiger partial charge on any atom is -0.383 e. The van der Waals surface area contributed by atoms with Crippen LogP contribution in [0.1, 0.15) is 27.9 Å². The van der Waals surface area contributed by atoms with Crippen molar-refractivity contribution in [3.05, 3.63) is 77.6 Å². The van der Waals surface area contributed by atoms with Crippen LogP contribution in [0.2, 0.25) is 0 Å². The molecule has 1 amide bonds. The van der Waals surface area contributed by atoms with Gasteiger partial charge < -0.3 is 14.6 Å². The average Bonchev–Trinajstić information content (AvgIpc) is 3.46. The van der Waals surface area contributed by atoms with Crippen molar-refractivity contribution in [3.8, 4) is 11.5 Å². The number of carbonyl (C=O) groups excluding carboxylic acids is 1. The van der Waals surface area contributed by atoms with Gasteiger partial charge in [0.05, 0.1) is 17.8 Å². The summed E-state index contributed by atoms with van der Waals surface area (Å²) < 4.78 is 3.81. The van der Waals surface area contributed by atoms with E-state index in [1.165, 1.54) is 0 Å². The van der Waals surface area contributed by atoms with E-state index in [2.05, 4.69) is 10.2 Å². The van der Waals surface area contributed by atoms with Crippen LogP contribution in [-0.2, 0) is 12.6 Å². The third-order valence-corrected chi connectivity index (χ3v) is 6.00. The predicted octanol–water partition coefficient (Wildman–Crippen LogP) is 2.78. The van der Waals surface area contributed by atoms with Crippen molar-refractivity contribution >= 4 is 11.6 Å². The Kier molecular flexibility index (Phi) is 4.22. The lowest BCUT2D eigenvalue weighted by Crippen LogP contribution is -2.35. The summed E-state index contributed by atoms with van der Waals surface area (Å²) in [4.78, 5) is 15.0. The van der Waals surface area contributed by atoms with Gasteiger partial charge in [-0.15, -0.1) is 10.2 Å². The number of nitrogens with zero attached hydrogens (tertiary/aromatic N) is 5. The van der Waals surface area contributed by atoms with Gasteiger partial charge in [0.25, 0.3) is 5.91 Å². The third-order valence-electron chi connectivity index (χ3n) is 6.00. The first kappa shape index (κ1) is 18.6. The van der Waals surface area contributed by atoms with Gasteiger partial charge in [0, 0.05) is 26.0 Å². The van der Waals surface area contributed by atoms with E-state index in [0.717, 1.165) is 16.8 Å². The van der Waals surface area contributed by atoms with E-state index in [0.29, 0.717) is 30.0 Å². The van der Waals surface area contributed by atoms with Crippen molar-refractivity contribution in [1.29, 1.82) is 0 Å². The Bertz CT molecular complexity index is 1260. The van der Waals surface area contributed by atoms with Gasteiger partial charge in [-0.05, 0) is 48.7 Å². The summed E-state index contributed by atoms with van der Waals surface area (Å²) in [6.07, 6.45) is 4.25. The van der Waals surface area contributed by atoms with Crippen LogP contribution < -0.4 is 0 Å². The average molecular weight is 401 g/mol. The van der Waals surface area contributed by atoms with Gasteiger partial charge in [-0.25, -0.2) is 0 Å². The maximum atomic E-state index is 13.2. The molecule has 1 aromatic carbocycles. The molecule has 30 heavy (non-hydrogen) atoms. The molecule has 0 bridgehead atoms. The number of aryl methyl sites for hydroxylation is 2. The van der Waals surface area contributed by atoms with Gasteiger partial charge in [-0.2, -0.15) is 0 Å². The number of benzene rings is 1. The normalized spacial score (nSPS) is 19.0. The number of pyridine rings is 1. The summed E-state index contributed by atoms with van der Waals surface area (Å²) in [5.74, 6) is 0.581. The molecule has 3 aromatic heterocycles. The standard InChI is InChI=1S/C23H23N5O2/c1-16-6-3-4-7-18(16)23(30)11-13-27(15-23)22(29)17-9-10-20-24-25-21(28(20)14-17)19-8-5-12-26(19)2/h3-10,12,14,30H,11,13,15H2,1-2H3. The Balaban J connectivity index is 1.46. The van der Waals surface area contributed by atoms with Gasteiger partial charge in [-0.1, -0.05) is 24.3 Å². The van der Waals surface area contributed by atoms with Gasteiger partial charge in [0.15, 0.2) is 11.5 Å². The zero-order valence-electron chi connectivity index (χ0n) is 17.0. The molecule has 4 aromatic rings. The second-order valence-corrected chi connectivity index (χ2v) is 8.00. The zero-order chi connectivity index (χ0) is 20.9. The lowest BCUT2D eigenvalue weighted by Gasteiger charge is -2.25. The fourth-order valence-corrected chi connectivity index (χ4v) is 4.35. The van der Waals surface area contributed by atoms with Crippen LogP contribution in [0.25, 0.3) is 17.2 Å². The van der Waals surface area contributed by atoms with Gasteiger partial charge >= 0.3 is 0 Å². The molecule has 0 spiro atoms. The number of hydrogen-bond donors (Lipinski definition) is 1. The highest BCUT2D eigenvalue weighted by Gasteiger charge is 2.40. The van der Waals surface area contributed by atoms with E-state index in [9.17, 15) is 9.90 Å². The Morgan fingerprint density at radius 2 is 1.93 bits per heavy atom. The second kappa shape index (κ2) is 6.81. The van der Waals surface area contributed by atoms with Crippen molar-refractivity contribution in [2.75, 3.05) is 13.1 Å². The zero-order valence-corrected chi connectivity index (χ0v) is 17.0. The van der Waals surface area contributed by atoms with Gasteiger partial charge in [-0.3, -0.25) is 9.20 Å². The van der Waals surface area contributed by atoms with Crippen LogP contribution in [0.5, 0.6) is 0 Å². The molecule has 7 heteroatoms. The van der Waals surface area contributed by atoms with E-state index in [1.807, 2.05) is 65.5 Å². The number of carbonyl (C=O) groups is 1. The number of β-amino-alcohol motifs (C(OH)–C–C–N with tert-alkyl or cyclic N) is 1. The number of likely N-dealkylation sites (tertiary alicyclic amines) is 1. The molecule has 1 saturated heterocycles. The molecule has 4 heterocycles. The highest BCUT2D eigenvalue weighted by Crippen LogP contribution is 2.34. The molecule has 7 nitrogen and oxygen atoms in total. The minimum absolute atomic E-state index is 0.104. The van der Waals surface area contributed by atoms with Crippen LogP contribution in [-0.4, -0.2) is 48.2 Å². The van der Waals surface area contributed by atoms with E-state index >= 15 is 0 Å². The first-order chi connectivity index (χ1) is 14.5. The van der Waals surface area contributed by atoms with Crippen molar-refractivity contribution in [2.24, 2.45) is 7.05 Å². The van der Waals surface area contributed by atoms with Crippen LogP contribution in [0.15, 0.2) is 60.9 Å². The third kappa shape index (κ3) is 2.90. The summed E-state index contributed by atoms with van der Waals surface area (Å²) in [5.41, 5.74) is 3.05. The summed E-state index contributed by atoms with van der Waals surface area (Å²) in [6.45, 7) is 2.78. The molecular weight excluding hydrogens is 378 g/mol. The topological polar surface area (TPSA) is 75.7 Å². The highest BCUT2D eigenvalue weighted by molar-refractivity contribution is 5.94. The summed E-state index contributed by atoms with van der Waals surface area (Å²) in [7, 11) is 1.95. The Morgan fingerprint density at radius 1 is 1.10 bits per heavy atom. The molecule has 1 atom stereocenters. The monoisotopic (exact) mass is 401 g/mol. The van der Waals surface area contributed by atoms with Crippen LogP contribution in [0, 0.1) is 6.92 Å². The second-order valence-electron chi connectivity index (χ2n) is 8.00. The first-order valence-electron chi connectivity index (χ1n) is 10.0. The molecule has 0 aliphatic carbocycles. The first-order valence-corrected chi connectivity index (χ1v) is 10.0. The molecule has 1 aliphatic rings. The van der Waals surface area contributed by atoms with Crippen LogP contribution in [0.3, 0.4) is 0 Å². The molecular formula is C23H23N5O2. The Hall–Kier alpha value is -3.45. The molecule has 1 aliphatic heterocycles. The Morgan fingerprint density at radius 3 is 2.70 bits per heavy atom. The van der Waals surface area contributed by atoms with Gasteiger partial charge in [0.2, 0.25) is 0 Å². The van der Waals surface area contributed by atoms with E-state index in [4.69, 9.17) is 0 Å². The van der Waals surface area contributed by atoms with Crippen molar-refractivity contribution in [3.63, 3.8) is 0 Å². The smallest absolute Gasteiger partial charge is 0.255 e. The minimum atomic E-state index is -1.02. The number of aliphatic hydroxyl groups is 1. The molecule has 0 radical (unpaired) electrons. The van der Waals surface area contributed by atoms with E-state index < -0.39 is 5.60 Å². The fraction of sp³-hybridized carbons (Fsp3) is 0.261. The fourth-order valence-electron chi connectivity index (χ4n) is 4.35. The lowest BCUT2D eigenvalue weighted by molar-refractivity contribution is 0.0412. The summed E-state index contributed by atoms with van der Waals surface area (Å²) in [5, 5.41) is 19.7. The molecule has 152 valence electrons. The Labute approximate surface area is 174 Å². The number of aromatic nitrogens is 4. The SMILES string of the molecule is Cc1ccccc1C1(O)CCN(C(=O)c2ccc3nnc(-c4cccn4C)n3c2)C1. The van der Waals surface area contributed by atoms with Crippen molar-refractivity contribution in [1.82, 2.24) is 24.1 Å². The quantitative estimate of drug-likeness (QED) is 0.573. The number of rotatable bonds is 3. The predicted molar refractivity (Wildman–Crippen MR) is 113 cm³/mol. The summed E-state index contributed by atoms with van der Waals surface area (Å²) >= 11 is 0. The molecule has 1 fully saturated rings. The van der Waals surface area contributed by atoms with Gasteiger partial charge in [0.1, 0.15) is 5.60 Å². The highest BCUT2D eigenvalue weighted by atomic mass is 16.3. The molecule has 1 N–H and O–H groups in total. The van der Waals surface area contributed by atoms with Crippen LogP contribution in [0.4, 0.5) is 0 Å². The molecule has 5 rings (SSSR count). The van der Waals surface area contributed by atoms with Crippen molar-refractivity contribution in [2.45, 2.75) is 18.9 Å². The summed E-state index contributed by atoms with van der Waals surface area (Å²) in [6, 6.07) is 15.3. The van der Waals surface area contributed by atoms with E-state index in [1.54, 1.807) is 23.2 Å². The van der Waals surface area contributed by atoms with Crippen molar-refractivity contribution < 1.29 is 9.90 Å². The largest absolute Gasteiger partial charge is 0.383 e. The molecule has 0 saturated carbocycles. The molecule has 1 unspecified atom stereocenters. The maximum absolute atomic E-state index is 13.2. The maximum Gasteiger partial charge on any atom is 0.255 e. The van der Waals surface area contributed by atoms with E-state index in [-0.39, 0.29) is 12.5 Å².